The van der Waals surface area contributed by atoms with E-state index < -0.39 is 10.0 Å². The lowest BCUT2D eigenvalue weighted by Gasteiger charge is -2.11. The summed E-state index contributed by atoms with van der Waals surface area (Å²) < 4.78 is 26.8. The highest BCUT2D eigenvalue weighted by molar-refractivity contribution is 7.89. The molecule has 0 saturated heterocycles. The summed E-state index contributed by atoms with van der Waals surface area (Å²) in [6, 6.07) is 3.15. The average Bonchev–Trinajstić information content (AvgIpc) is 2.99. The Balaban J connectivity index is 2.03. The summed E-state index contributed by atoms with van der Waals surface area (Å²) in [5, 5.41) is 5.63. The molecule has 0 saturated carbocycles. The largest absolute Gasteiger partial charge is 0.373 e. The standard InChI is InChI=1S/C12H16N4O2S2/c1-9(12-14-5-6-19-12)7-16-20(17,18)10-3-4-11(13-2)15-8-10/h3-6,8-9,16H,7H2,1-2H3,(H,13,15). The first-order chi connectivity index (χ1) is 9.53. The first-order valence-corrected chi connectivity index (χ1v) is 8.42. The molecule has 0 aliphatic rings. The normalized spacial score (nSPS) is 13.1. The van der Waals surface area contributed by atoms with E-state index in [1.165, 1.54) is 23.6 Å². The summed E-state index contributed by atoms with van der Waals surface area (Å²) in [4.78, 5) is 8.33. The minimum atomic E-state index is -3.53. The predicted molar refractivity (Wildman–Crippen MR) is 79.5 cm³/mol. The zero-order valence-electron chi connectivity index (χ0n) is 11.2. The Morgan fingerprint density at radius 2 is 2.15 bits per heavy atom. The highest BCUT2D eigenvalue weighted by Crippen LogP contribution is 2.17. The molecule has 1 unspecified atom stereocenters. The third-order valence-corrected chi connectivity index (χ3v) is 5.17. The van der Waals surface area contributed by atoms with Crippen molar-refractivity contribution >= 4 is 27.2 Å². The van der Waals surface area contributed by atoms with Crippen LogP contribution >= 0.6 is 11.3 Å². The Kier molecular flexibility index (Phi) is 4.69. The maximum absolute atomic E-state index is 12.1. The molecule has 2 rings (SSSR count). The summed E-state index contributed by atoms with van der Waals surface area (Å²) in [5.74, 6) is 0.661. The second kappa shape index (κ2) is 6.29. The number of thiazole rings is 1. The second-order valence-corrected chi connectivity index (χ2v) is 6.95. The molecule has 0 aliphatic heterocycles. The van der Waals surface area contributed by atoms with Gasteiger partial charge in [0.25, 0.3) is 0 Å². The quantitative estimate of drug-likeness (QED) is 0.847. The molecule has 8 heteroatoms. The number of nitrogens with one attached hydrogen (secondary N) is 2. The van der Waals surface area contributed by atoms with Gasteiger partial charge in [0.05, 0.1) is 5.01 Å². The van der Waals surface area contributed by atoms with Gasteiger partial charge in [-0.2, -0.15) is 0 Å². The van der Waals surface area contributed by atoms with Crippen LogP contribution in [0.4, 0.5) is 5.82 Å². The summed E-state index contributed by atoms with van der Waals surface area (Å²) in [6.07, 6.45) is 3.05. The van der Waals surface area contributed by atoms with Crippen molar-refractivity contribution in [3.8, 4) is 0 Å². The molecule has 0 radical (unpaired) electrons. The molecule has 0 aliphatic carbocycles. The van der Waals surface area contributed by atoms with Crippen LogP contribution in [0, 0.1) is 0 Å². The lowest BCUT2D eigenvalue weighted by molar-refractivity contribution is 0.574. The molecule has 1 atom stereocenters. The molecule has 2 N–H and O–H groups in total. The van der Waals surface area contributed by atoms with Crippen LogP contribution in [0.5, 0.6) is 0 Å². The Hall–Kier alpha value is -1.51. The van der Waals surface area contributed by atoms with Gasteiger partial charge in [0.1, 0.15) is 10.7 Å². The number of hydrogen-bond donors (Lipinski definition) is 2. The van der Waals surface area contributed by atoms with Crippen molar-refractivity contribution in [3.05, 3.63) is 34.9 Å². The van der Waals surface area contributed by atoms with Gasteiger partial charge in [-0.25, -0.2) is 23.1 Å². The van der Waals surface area contributed by atoms with Crippen molar-refractivity contribution in [1.82, 2.24) is 14.7 Å². The van der Waals surface area contributed by atoms with E-state index in [1.54, 1.807) is 19.3 Å². The van der Waals surface area contributed by atoms with Crippen molar-refractivity contribution in [2.45, 2.75) is 17.7 Å². The molecule has 108 valence electrons. The molecule has 0 fully saturated rings. The number of aromatic nitrogens is 2. The average molecular weight is 312 g/mol. The van der Waals surface area contributed by atoms with Gasteiger partial charge in [0.15, 0.2) is 0 Å². The van der Waals surface area contributed by atoms with Gasteiger partial charge in [-0.1, -0.05) is 6.92 Å². The third-order valence-electron chi connectivity index (χ3n) is 2.76. The lowest BCUT2D eigenvalue weighted by Crippen LogP contribution is -2.27. The maximum atomic E-state index is 12.1. The fourth-order valence-corrected chi connectivity index (χ4v) is 3.34. The summed E-state index contributed by atoms with van der Waals surface area (Å²) in [7, 11) is -1.81. The highest BCUT2D eigenvalue weighted by atomic mass is 32.2. The van der Waals surface area contributed by atoms with Crippen LogP contribution in [0.2, 0.25) is 0 Å². The SMILES string of the molecule is CNc1ccc(S(=O)(=O)NCC(C)c2nccs2)cn1. The summed E-state index contributed by atoms with van der Waals surface area (Å²) >= 11 is 1.52. The number of nitrogens with zero attached hydrogens (tertiary/aromatic N) is 2. The Morgan fingerprint density at radius 1 is 1.35 bits per heavy atom. The van der Waals surface area contributed by atoms with Gasteiger partial charge in [-0.3, -0.25) is 0 Å². The number of rotatable bonds is 6. The summed E-state index contributed by atoms with van der Waals surface area (Å²) in [6.45, 7) is 2.24. The number of hydrogen-bond acceptors (Lipinski definition) is 6. The molecule has 0 bridgehead atoms. The monoisotopic (exact) mass is 312 g/mol. The highest BCUT2D eigenvalue weighted by Gasteiger charge is 2.17. The lowest BCUT2D eigenvalue weighted by atomic mass is 10.2. The minimum absolute atomic E-state index is 0.0364. The van der Waals surface area contributed by atoms with E-state index in [-0.39, 0.29) is 10.8 Å². The molecule has 2 aromatic heterocycles. The van der Waals surface area contributed by atoms with Crippen LogP contribution in [0.1, 0.15) is 17.8 Å². The zero-order chi connectivity index (χ0) is 14.6. The van der Waals surface area contributed by atoms with Crippen molar-refractivity contribution in [1.29, 1.82) is 0 Å². The van der Waals surface area contributed by atoms with Crippen LogP contribution in [0.15, 0.2) is 34.8 Å². The first-order valence-electron chi connectivity index (χ1n) is 6.06. The van der Waals surface area contributed by atoms with E-state index in [9.17, 15) is 8.42 Å². The van der Waals surface area contributed by atoms with E-state index in [0.29, 0.717) is 12.4 Å². The van der Waals surface area contributed by atoms with Crippen molar-refractivity contribution in [2.75, 3.05) is 18.9 Å². The van der Waals surface area contributed by atoms with E-state index in [4.69, 9.17) is 0 Å². The molecule has 2 heterocycles. The zero-order valence-corrected chi connectivity index (χ0v) is 12.8. The molecular weight excluding hydrogens is 296 g/mol. The predicted octanol–water partition coefficient (Wildman–Crippen LogP) is 1.66. The molecule has 2 aromatic rings. The number of sulfonamides is 1. The Morgan fingerprint density at radius 3 is 2.70 bits per heavy atom. The van der Waals surface area contributed by atoms with Gasteiger partial charge in [-0.05, 0) is 12.1 Å². The third kappa shape index (κ3) is 3.53. The second-order valence-electron chi connectivity index (χ2n) is 4.25. The number of anilines is 1. The fourth-order valence-electron chi connectivity index (χ4n) is 1.57. The van der Waals surface area contributed by atoms with Crippen LogP contribution in [0.3, 0.4) is 0 Å². The van der Waals surface area contributed by atoms with Crippen LogP contribution in [0.25, 0.3) is 0 Å². The van der Waals surface area contributed by atoms with Crippen LogP contribution in [-0.2, 0) is 10.0 Å². The molecular formula is C12H16N4O2S2. The van der Waals surface area contributed by atoms with Crippen molar-refractivity contribution in [3.63, 3.8) is 0 Å². The van der Waals surface area contributed by atoms with Gasteiger partial charge < -0.3 is 5.32 Å². The van der Waals surface area contributed by atoms with Crippen molar-refractivity contribution in [2.24, 2.45) is 0 Å². The molecule has 20 heavy (non-hydrogen) atoms. The minimum Gasteiger partial charge on any atom is -0.373 e. The van der Waals surface area contributed by atoms with E-state index in [0.717, 1.165) is 5.01 Å². The molecule has 0 spiro atoms. The molecule has 6 nitrogen and oxygen atoms in total. The van der Waals surface area contributed by atoms with Crippen LogP contribution < -0.4 is 10.0 Å². The fraction of sp³-hybridized carbons (Fsp3) is 0.333. The summed E-state index contributed by atoms with van der Waals surface area (Å²) in [5.41, 5.74) is 0. The van der Waals surface area contributed by atoms with Gasteiger partial charge >= 0.3 is 0 Å². The maximum Gasteiger partial charge on any atom is 0.242 e. The van der Waals surface area contributed by atoms with Crippen LogP contribution in [-0.4, -0.2) is 32.0 Å². The van der Waals surface area contributed by atoms with Crippen molar-refractivity contribution < 1.29 is 8.42 Å². The van der Waals surface area contributed by atoms with Gasteiger partial charge in [0.2, 0.25) is 10.0 Å². The number of pyridine rings is 1. The van der Waals surface area contributed by atoms with E-state index in [2.05, 4.69) is 20.0 Å². The molecule has 0 aromatic carbocycles. The molecule has 0 amide bonds. The first kappa shape index (κ1) is 14.9. The Bertz CT molecular complexity index is 639. The Labute approximate surface area is 122 Å². The van der Waals surface area contributed by atoms with Gasteiger partial charge in [0, 0.05) is 37.3 Å². The topological polar surface area (TPSA) is 84.0 Å². The smallest absolute Gasteiger partial charge is 0.242 e. The van der Waals surface area contributed by atoms with E-state index >= 15 is 0 Å². The van der Waals surface area contributed by atoms with Gasteiger partial charge in [-0.15, -0.1) is 11.3 Å². The van der Waals surface area contributed by atoms with E-state index in [1.807, 2.05) is 12.3 Å².